The zero-order valence-electron chi connectivity index (χ0n) is 7.81. The van der Waals surface area contributed by atoms with Gasteiger partial charge in [-0.25, -0.2) is 4.39 Å². The topological polar surface area (TPSA) is 17.1 Å². The fourth-order valence-electron chi connectivity index (χ4n) is 1.90. The molecule has 0 spiro atoms. The van der Waals surface area contributed by atoms with Crippen LogP contribution >= 0.6 is 11.6 Å². The van der Waals surface area contributed by atoms with Gasteiger partial charge in [-0.05, 0) is 30.0 Å². The van der Waals surface area contributed by atoms with Gasteiger partial charge in [0.2, 0.25) is 0 Å². The van der Waals surface area contributed by atoms with Gasteiger partial charge in [-0.15, -0.1) is 0 Å². The second kappa shape index (κ2) is 3.35. The van der Waals surface area contributed by atoms with E-state index >= 15 is 0 Å². The molecular weight excluding hydrogens is 203 g/mol. The normalized spacial score (nSPS) is 20.8. The van der Waals surface area contributed by atoms with Crippen molar-refractivity contribution in [1.82, 2.24) is 0 Å². The molecule has 1 nitrogen and oxygen atoms in total. The largest absolute Gasteiger partial charge is 0.294 e. The van der Waals surface area contributed by atoms with Crippen molar-refractivity contribution in [2.75, 3.05) is 0 Å². The maximum Gasteiger partial charge on any atom is 0.164 e. The number of halogens is 2. The number of ketones is 1. The van der Waals surface area contributed by atoms with Crippen LogP contribution in [0.5, 0.6) is 0 Å². The molecule has 1 aliphatic carbocycles. The van der Waals surface area contributed by atoms with Gasteiger partial charge >= 0.3 is 0 Å². The van der Waals surface area contributed by atoms with Crippen molar-refractivity contribution in [2.45, 2.75) is 25.7 Å². The summed E-state index contributed by atoms with van der Waals surface area (Å²) in [4.78, 5) is 11.6. The average molecular weight is 213 g/mol. The molecule has 14 heavy (non-hydrogen) atoms. The molecule has 0 amide bonds. The summed E-state index contributed by atoms with van der Waals surface area (Å²) in [5.41, 5.74) is 1.28. The molecule has 3 heteroatoms. The number of hydrogen-bond donors (Lipinski definition) is 0. The molecule has 1 atom stereocenters. The van der Waals surface area contributed by atoms with Crippen molar-refractivity contribution in [3.05, 3.63) is 34.1 Å². The Hall–Kier alpha value is -0.890. The highest BCUT2D eigenvalue weighted by atomic mass is 35.5. The Labute approximate surface area is 86.9 Å². The van der Waals surface area contributed by atoms with E-state index in [2.05, 4.69) is 0 Å². The average Bonchev–Trinajstić information content (AvgIpc) is 2.10. The third kappa shape index (κ3) is 1.44. The standard InChI is InChI=1S/C11H10ClFO/c1-6-2-3-10(14)11-8(6)4-7(13)5-9(11)12/h4-6H,2-3H2,1H3. The Bertz CT molecular complexity index is 401. The number of Topliss-reactive ketones (excluding diaryl/α,β-unsaturated/α-hetero) is 1. The SMILES string of the molecule is CC1CCC(=O)c2c(Cl)cc(F)cc21. The van der Waals surface area contributed by atoms with Gasteiger partial charge in [0, 0.05) is 12.0 Å². The molecule has 0 radical (unpaired) electrons. The van der Waals surface area contributed by atoms with Crippen LogP contribution in [-0.4, -0.2) is 5.78 Å². The highest BCUT2D eigenvalue weighted by Gasteiger charge is 2.25. The highest BCUT2D eigenvalue weighted by Crippen LogP contribution is 2.35. The lowest BCUT2D eigenvalue weighted by molar-refractivity contribution is 0.0968. The van der Waals surface area contributed by atoms with Crippen LogP contribution in [0.3, 0.4) is 0 Å². The predicted molar refractivity (Wildman–Crippen MR) is 53.4 cm³/mol. The van der Waals surface area contributed by atoms with Crippen molar-refractivity contribution in [2.24, 2.45) is 0 Å². The summed E-state index contributed by atoms with van der Waals surface area (Å²) in [5.74, 6) is -0.116. The molecule has 0 aliphatic heterocycles. The lowest BCUT2D eigenvalue weighted by Gasteiger charge is -2.22. The van der Waals surface area contributed by atoms with Gasteiger partial charge in [0.1, 0.15) is 5.82 Å². The molecule has 0 N–H and O–H groups in total. The Kier molecular flexibility index (Phi) is 2.31. The summed E-state index contributed by atoms with van der Waals surface area (Å²) in [5, 5.41) is 0.247. The van der Waals surface area contributed by atoms with Crippen LogP contribution in [0.4, 0.5) is 4.39 Å². The van der Waals surface area contributed by atoms with Crippen LogP contribution in [0.1, 0.15) is 41.6 Å². The smallest absolute Gasteiger partial charge is 0.164 e. The first-order valence-corrected chi connectivity index (χ1v) is 4.99. The quantitative estimate of drug-likeness (QED) is 0.643. The van der Waals surface area contributed by atoms with E-state index in [0.29, 0.717) is 12.0 Å². The third-order valence-corrected chi connectivity index (χ3v) is 3.00. The van der Waals surface area contributed by atoms with Crippen molar-refractivity contribution < 1.29 is 9.18 Å². The molecule has 0 saturated carbocycles. The van der Waals surface area contributed by atoms with E-state index in [-0.39, 0.29) is 22.5 Å². The van der Waals surface area contributed by atoms with Crippen LogP contribution in [0.2, 0.25) is 5.02 Å². The Morgan fingerprint density at radius 3 is 2.93 bits per heavy atom. The maximum absolute atomic E-state index is 13.1. The Morgan fingerprint density at radius 2 is 2.21 bits per heavy atom. The highest BCUT2D eigenvalue weighted by molar-refractivity contribution is 6.34. The second-order valence-corrected chi connectivity index (χ2v) is 4.12. The number of rotatable bonds is 0. The molecule has 74 valence electrons. The molecule has 0 bridgehead atoms. The van der Waals surface area contributed by atoms with E-state index < -0.39 is 0 Å². The van der Waals surface area contributed by atoms with E-state index in [1.54, 1.807) is 0 Å². The summed E-state index contributed by atoms with van der Waals surface area (Å²) >= 11 is 5.85. The van der Waals surface area contributed by atoms with Crippen LogP contribution in [0.25, 0.3) is 0 Å². The predicted octanol–water partition coefficient (Wildman–Crippen LogP) is 3.56. The third-order valence-electron chi connectivity index (χ3n) is 2.70. The van der Waals surface area contributed by atoms with Gasteiger partial charge < -0.3 is 0 Å². The first-order chi connectivity index (χ1) is 6.59. The van der Waals surface area contributed by atoms with Crippen molar-refractivity contribution in [3.63, 3.8) is 0 Å². The van der Waals surface area contributed by atoms with Crippen LogP contribution in [-0.2, 0) is 0 Å². The molecule has 1 aromatic rings. The fourth-order valence-corrected chi connectivity index (χ4v) is 2.22. The minimum atomic E-state index is -0.365. The van der Waals surface area contributed by atoms with Gasteiger partial charge in [0.05, 0.1) is 5.02 Å². The molecule has 0 fully saturated rings. The second-order valence-electron chi connectivity index (χ2n) is 3.71. The number of carbonyl (C=O) groups is 1. The van der Waals surface area contributed by atoms with E-state index in [1.165, 1.54) is 12.1 Å². The number of fused-ring (bicyclic) bond motifs is 1. The van der Waals surface area contributed by atoms with Crippen LogP contribution in [0, 0.1) is 5.82 Å². The zero-order valence-corrected chi connectivity index (χ0v) is 8.57. The van der Waals surface area contributed by atoms with Gasteiger partial charge in [0.15, 0.2) is 5.78 Å². The minimum Gasteiger partial charge on any atom is -0.294 e. The molecule has 1 aliphatic rings. The molecule has 0 aromatic heterocycles. The Balaban J connectivity index is 2.66. The van der Waals surface area contributed by atoms with Crippen molar-refractivity contribution in [1.29, 1.82) is 0 Å². The molecule has 2 rings (SSSR count). The number of carbonyl (C=O) groups excluding carboxylic acids is 1. The summed E-state index contributed by atoms with van der Waals surface area (Å²) in [6.45, 7) is 1.99. The number of benzene rings is 1. The molecular formula is C11H10ClFO. The van der Waals surface area contributed by atoms with Crippen molar-refractivity contribution >= 4 is 17.4 Å². The Morgan fingerprint density at radius 1 is 1.50 bits per heavy atom. The van der Waals surface area contributed by atoms with E-state index in [1.807, 2.05) is 6.92 Å². The van der Waals surface area contributed by atoms with Crippen LogP contribution in [0.15, 0.2) is 12.1 Å². The summed E-state index contributed by atoms with van der Waals surface area (Å²) in [7, 11) is 0. The minimum absolute atomic E-state index is 0.0306. The van der Waals surface area contributed by atoms with E-state index in [0.717, 1.165) is 12.0 Å². The number of hydrogen-bond acceptors (Lipinski definition) is 1. The van der Waals surface area contributed by atoms with Gasteiger partial charge in [-0.2, -0.15) is 0 Å². The summed E-state index contributed by atoms with van der Waals surface area (Å²) < 4.78 is 13.1. The lowest BCUT2D eigenvalue weighted by Crippen LogP contribution is -2.14. The van der Waals surface area contributed by atoms with Gasteiger partial charge in [0.25, 0.3) is 0 Å². The molecule has 1 unspecified atom stereocenters. The maximum atomic E-state index is 13.1. The monoisotopic (exact) mass is 212 g/mol. The van der Waals surface area contributed by atoms with Gasteiger partial charge in [-0.3, -0.25) is 4.79 Å². The molecule has 0 saturated heterocycles. The van der Waals surface area contributed by atoms with Crippen molar-refractivity contribution in [3.8, 4) is 0 Å². The summed E-state index contributed by atoms with van der Waals surface area (Å²) in [6, 6.07) is 2.62. The lowest BCUT2D eigenvalue weighted by atomic mass is 9.83. The van der Waals surface area contributed by atoms with E-state index in [4.69, 9.17) is 11.6 Å². The van der Waals surface area contributed by atoms with E-state index in [9.17, 15) is 9.18 Å². The molecule has 1 aromatic carbocycles. The fraction of sp³-hybridized carbons (Fsp3) is 0.364. The zero-order chi connectivity index (χ0) is 10.3. The first-order valence-electron chi connectivity index (χ1n) is 4.61. The summed E-state index contributed by atoms with van der Waals surface area (Å²) in [6.07, 6.45) is 1.30. The molecule has 0 heterocycles. The van der Waals surface area contributed by atoms with Gasteiger partial charge in [-0.1, -0.05) is 18.5 Å². The van der Waals surface area contributed by atoms with Crippen LogP contribution < -0.4 is 0 Å². The first kappa shape index (κ1) is 9.66.